The topological polar surface area (TPSA) is 60.1 Å². The fraction of sp³-hybridized carbons (Fsp3) is 0.333. The quantitative estimate of drug-likeness (QED) is 0.556. The zero-order valence-corrected chi connectivity index (χ0v) is 17.1. The summed E-state index contributed by atoms with van der Waals surface area (Å²) in [4.78, 5) is 14.0. The van der Waals surface area contributed by atoms with Crippen LogP contribution in [-0.4, -0.2) is 48.7 Å². The molecule has 0 saturated heterocycles. The lowest BCUT2D eigenvalue weighted by molar-refractivity contribution is -0.127. The van der Waals surface area contributed by atoms with Gasteiger partial charge in [-0.2, -0.15) is 5.10 Å². The number of amides is 1. The van der Waals surface area contributed by atoms with Gasteiger partial charge in [-0.05, 0) is 30.7 Å². The van der Waals surface area contributed by atoms with Gasteiger partial charge in [0.25, 0.3) is 0 Å². The first-order valence-corrected chi connectivity index (χ1v) is 10.9. The first-order valence-electron chi connectivity index (χ1n) is 9.44. The van der Waals surface area contributed by atoms with Gasteiger partial charge in [0.2, 0.25) is 5.91 Å². The molecule has 3 rings (SSSR count). The fourth-order valence-corrected chi connectivity index (χ4v) is 4.13. The third-order valence-electron chi connectivity index (χ3n) is 4.54. The second-order valence-corrected chi connectivity index (χ2v) is 8.19. The van der Waals surface area contributed by atoms with Crippen molar-refractivity contribution in [1.29, 1.82) is 0 Å². The third kappa shape index (κ3) is 4.78. The summed E-state index contributed by atoms with van der Waals surface area (Å²) in [5.74, 6) is 1.08. The molecule has 0 aliphatic carbocycles. The molecule has 0 aliphatic heterocycles. The predicted octanol–water partition coefficient (Wildman–Crippen LogP) is 3.17. The van der Waals surface area contributed by atoms with Crippen LogP contribution in [0.5, 0.6) is 0 Å². The van der Waals surface area contributed by atoms with Crippen LogP contribution >= 0.6 is 0 Å². The summed E-state index contributed by atoms with van der Waals surface area (Å²) in [5.41, 5.74) is 1.78. The van der Waals surface area contributed by atoms with Gasteiger partial charge in [-0.25, -0.2) is 4.68 Å². The molecule has 148 valence electrons. The molecule has 0 N–H and O–H groups in total. The van der Waals surface area contributed by atoms with Gasteiger partial charge in [-0.3, -0.25) is 9.00 Å². The molecule has 1 atom stereocenters. The van der Waals surface area contributed by atoms with E-state index in [1.165, 1.54) is 0 Å². The molecule has 0 radical (unpaired) electrons. The van der Waals surface area contributed by atoms with E-state index in [2.05, 4.69) is 12.0 Å². The monoisotopic (exact) mass is 398 g/mol. The second kappa shape index (κ2) is 9.50. The van der Waals surface area contributed by atoms with Crippen molar-refractivity contribution < 1.29 is 9.00 Å². The highest BCUT2D eigenvalue weighted by Gasteiger charge is 2.18. The Morgan fingerprint density at radius 1 is 1.14 bits per heavy atom. The minimum atomic E-state index is -1.30. The third-order valence-corrected chi connectivity index (χ3v) is 5.74. The van der Waals surface area contributed by atoms with Crippen molar-refractivity contribution >= 4 is 16.7 Å². The SMILES string of the molecule is CCCCN(C)C(=O)CS(=O)Cc1cnn(-c2ccccc2)c1-n1cccc1. The highest BCUT2D eigenvalue weighted by Crippen LogP contribution is 2.21. The van der Waals surface area contributed by atoms with Crippen molar-refractivity contribution in [1.82, 2.24) is 19.2 Å². The molecule has 2 heterocycles. The molecule has 0 aliphatic rings. The summed E-state index contributed by atoms with van der Waals surface area (Å²) in [6.45, 7) is 2.79. The lowest BCUT2D eigenvalue weighted by Gasteiger charge is -2.16. The Bertz CT molecular complexity index is 919. The number of nitrogens with zero attached hydrogens (tertiary/aromatic N) is 4. The maximum absolute atomic E-state index is 12.7. The molecule has 0 saturated carbocycles. The van der Waals surface area contributed by atoms with E-state index in [1.807, 2.05) is 64.1 Å². The van der Waals surface area contributed by atoms with E-state index in [0.29, 0.717) is 6.54 Å². The fourth-order valence-electron chi connectivity index (χ4n) is 2.98. The average Bonchev–Trinajstić information content (AvgIpc) is 3.36. The number of hydrogen-bond acceptors (Lipinski definition) is 3. The van der Waals surface area contributed by atoms with Crippen molar-refractivity contribution in [2.45, 2.75) is 25.5 Å². The number of unbranched alkanes of at least 4 members (excludes halogenated alkanes) is 1. The van der Waals surface area contributed by atoms with Crippen LogP contribution in [0, 0.1) is 0 Å². The maximum Gasteiger partial charge on any atom is 0.234 e. The van der Waals surface area contributed by atoms with E-state index in [-0.39, 0.29) is 17.4 Å². The van der Waals surface area contributed by atoms with Gasteiger partial charge in [0.05, 0.1) is 17.6 Å². The molecule has 2 aromatic heterocycles. The molecule has 3 aromatic rings. The minimum Gasteiger partial charge on any atom is -0.345 e. The van der Waals surface area contributed by atoms with E-state index < -0.39 is 10.8 Å². The van der Waals surface area contributed by atoms with Gasteiger partial charge >= 0.3 is 0 Å². The molecule has 0 bridgehead atoms. The summed E-state index contributed by atoms with van der Waals surface area (Å²) in [6, 6.07) is 13.7. The highest BCUT2D eigenvalue weighted by atomic mass is 32.2. The summed E-state index contributed by atoms with van der Waals surface area (Å²) in [7, 11) is 0.472. The molecule has 0 spiro atoms. The van der Waals surface area contributed by atoms with E-state index in [1.54, 1.807) is 18.1 Å². The number of rotatable bonds is 9. The van der Waals surface area contributed by atoms with Gasteiger partial charge in [0.15, 0.2) is 0 Å². The Hall–Kier alpha value is -2.67. The Kier molecular flexibility index (Phi) is 6.81. The van der Waals surface area contributed by atoms with Crippen LogP contribution in [0.1, 0.15) is 25.3 Å². The zero-order valence-electron chi connectivity index (χ0n) is 16.3. The van der Waals surface area contributed by atoms with Crippen molar-refractivity contribution in [2.75, 3.05) is 19.3 Å². The van der Waals surface area contributed by atoms with Crippen molar-refractivity contribution in [3.8, 4) is 11.5 Å². The first-order chi connectivity index (χ1) is 13.6. The van der Waals surface area contributed by atoms with E-state index in [4.69, 9.17) is 0 Å². The first kappa shape index (κ1) is 20.1. The molecular formula is C21H26N4O2S. The molecular weight excluding hydrogens is 372 g/mol. The summed E-state index contributed by atoms with van der Waals surface area (Å²) in [6.07, 6.45) is 7.60. The van der Waals surface area contributed by atoms with Crippen LogP contribution in [0.25, 0.3) is 11.5 Å². The number of hydrogen-bond donors (Lipinski definition) is 0. The van der Waals surface area contributed by atoms with Crippen molar-refractivity contribution in [3.63, 3.8) is 0 Å². The average molecular weight is 399 g/mol. The lowest BCUT2D eigenvalue weighted by Crippen LogP contribution is -2.32. The van der Waals surface area contributed by atoms with Gasteiger partial charge in [-0.15, -0.1) is 0 Å². The van der Waals surface area contributed by atoms with Crippen molar-refractivity contribution in [3.05, 3.63) is 66.6 Å². The second-order valence-electron chi connectivity index (χ2n) is 6.73. The molecule has 0 fully saturated rings. The van der Waals surface area contributed by atoms with Crippen LogP contribution in [0.3, 0.4) is 0 Å². The van der Waals surface area contributed by atoms with E-state index in [9.17, 15) is 9.00 Å². The molecule has 6 nitrogen and oxygen atoms in total. The number of carbonyl (C=O) groups excluding carboxylic acids is 1. The molecule has 1 unspecified atom stereocenters. The largest absolute Gasteiger partial charge is 0.345 e. The van der Waals surface area contributed by atoms with E-state index >= 15 is 0 Å². The van der Waals surface area contributed by atoms with E-state index in [0.717, 1.165) is 29.9 Å². The Labute approximate surface area is 168 Å². The number of carbonyl (C=O) groups is 1. The van der Waals surface area contributed by atoms with Gasteiger partial charge < -0.3 is 9.47 Å². The lowest BCUT2D eigenvalue weighted by atomic mass is 10.3. The highest BCUT2D eigenvalue weighted by molar-refractivity contribution is 7.84. The predicted molar refractivity (Wildman–Crippen MR) is 112 cm³/mol. The van der Waals surface area contributed by atoms with Crippen LogP contribution in [0.4, 0.5) is 0 Å². The summed E-state index contributed by atoms with van der Waals surface area (Å²) in [5, 5.41) is 4.52. The number of para-hydroxylation sites is 1. The normalized spacial score (nSPS) is 12.1. The van der Waals surface area contributed by atoms with Crippen LogP contribution in [0.15, 0.2) is 61.1 Å². The van der Waals surface area contributed by atoms with Gasteiger partial charge in [-0.1, -0.05) is 31.5 Å². The molecule has 1 amide bonds. The number of benzene rings is 1. The van der Waals surface area contributed by atoms with Gasteiger partial charge in [0, 0.05) is 42.3 Å². The minimum absolute atomic E-state index is 0.0296. The summed E-state index contributed by atoms with van der Waals surface area (Å²) < 4.78 is 16.5. The maximum atomic E-state index is 12.7. The Balaban J connectivity index is 1.80. The Morgan fingerprint density at radius 2 is 1.86 bits per heavy atom. The van der Waals surface area contributed by atoms with Crippen LogP contribution in [0.2, 0.25) is 0 Å². The standard InChI is InChI=1S/C21H26N4O2S/c1-3-4-12-23(2)20(26)17-28(27)16-18-15-22-25(19-10-6-5-7-11-19)21(18)24-13-8-9-14-24/h5-11,13-15H,3-4,12,16-17H2,1-2H3. The van der Waals surface area contributed by atoms with Gasteiger partial charge in [0.1, 0.15) is 11.6 Å². The molecule has 1 aromatic carbocycles. The smallest absolute Gasteiger partial charge is 0.234 e. The van der Waals surface area contributed by atoms with Crippen molar-refractivity contribution in [2.24, 2.45) is 0 Å². The summed E-state index contributed by atoms with van der Waals surface area (Å²) >= 11 is 0. The van der Waals surface area contributed by atoms with Crippen LogP contribution in [-0.2, 0) is 21.3 Å². The zero-order chi connectivity index (χ0) is 19.9. The molecule has 28 heavy (non-hydrogen) atoms. The number of aromatic nitrogens is 3. The van der Waals surface area contributed by atoms with Crippen LogP contribution < -0.4 is 0 Å². The Morgan fingerprint density at radius 3 is 2.54 bits per heavy atom. The molecule has 7 heteroatoms.